The highest BCUT2D eigenvalue weighted by Crippen LogP contribution is 2.21. The summed E-state index contributed by atoms with van der Waals surface area (Å²) in [7, 11) is -1.30. The number of nitrogens with zero attached hydrogens (tertiary/aromatic N) is 5. The van der Waals surface area contributed by atoms with Gasteiger partial charge < -0.3 is 4.90 Å². The van der Waals surface area contributed by atoms with Crippen LogP contribution >= 0.6 is 11.3 Å². The summed E-state index contributed by atoms with van der Waals surface area (Å²) in [5.74, 6) is 1.24. The second kappa shape index (κ2) is 6.40. The summed E-state index contributed by atoms with van der Waals surface area (Å²) in [5, 5.41) is 13.5. The first-order valence-corrected chi connectivity index (χ1v) is 10.6. The van der Waals surface area contributed by atoms with Crippen molar-refractivity contribution in [1.29, 1.82) is 0 Å². The molecule has 1 fully saturated rings. The first-order chi connectivity index (χ1) is 11.3. The van der Waals surface area contributed by atoms with E-state index in [1.165, 1.54) is 11.3 Å². The second-order valence-electron chi connectivity index (χ2n) is 6.46. The van der Waals surface area contributed by atoms with Crippen molar-refractivity contribution in [2.75, 3.05) is 18.6 Å². The molecule has 3 heterocycles. The van der Waals surface area contributed by atoms with Crippen LogP contribution in [0, 0.1) is 0 Å². The van der Waals surface area contributed by atoms with Crippen LogP contribution in [0.4, 0.5) is 0 Å². The van der Waals surface area contributed by atoms with Gasteiger partial charge in [-0.2, -0.15) is 9.61 Å². The van der Waals surface area contributed by atoms with Gasteiger partial charge >= 0.3 is 0 Å². The standard InChI is InChI=1S/C14H21N5O3S2/c1-9(2)13-15-16-14-19(13)17-11(23-14)4-5-12(20)18(3)10-6-7-24(21,22)8-10/h9-10H,4-8H2,1-3H3. The van der Waals surface area contributed by atoms with Crippen molar-refractivity contribution < 1.29 is 13.2 Å². The summed E-state index contributed by atoms with van der Waals surface area (Å²) in [4.78, 5) is 14.6. The van der Waals surface area contributed by atoms with E-state index in [0.29, 0.717) is 19.3 Å². The normalized spacial score (nSPS) is 20.1. The Morgan fingerprint density at radius 1 is 1.42 bits per heavy atom. The number of hydrogen-bond acceptors (Lipinski definition) is 7. The predicted octanol–water partition coefficient (Wildman–Crippen LogP) is 0.887. The molecule has 0 radical (unpaired) electrons. The van der Waals surface area contributed by atoms with Gasteiger partial charge in [0.05, 0.1) is 11.5 Å². The SMILES string of the molecule is CC(C)c1nnc2sc(CCC(=O)N(C)C3CCS(=O)(=O)C3)nn12. The fourth-order valence-electron chi connectivity index (χ4n) is 2.81. The summed E-state index contributed by atoms with van der Waals surface area (Å²) < 4.78 is 24.8. The van der Waals surface area contributed by atoms with Gasteiger partial charge in [0.15, 0.2) is 15.7 Å². The molecule has 10 heteroatoms. The van der Waals surface area contributed by atoms with Crippen molar-refractivity contribution in [1.82, 2.24) is 24.7 Å². The summed E-state index contributed by atoms with van der Waals surface area (Å²) in [6, 6.07) is -0.201. The van der Waals surface area contributed by atoms with Crippen LogP contribution in [0.2, 0.25) is 0 Å². The molecule has 132 valence electrons. The van der Waals surface area contributed by atoms with Crippen molar-refractivity contribution in [2.24, 2.45) is 0 Å². The molecule has 0 aromatic carbocycles. The summed E-state index contributed by atoms with van der Waals surface area (Å²) in [6.45, 7) is 4.06. The van der Waals surface area contributed by atoms with Crippen LogP contribution in [0.15, 0.2) is 0 Å². The fraction of sp³-hybridized carbons (Fsp3) is 0.714. The minimum absolute atomic E-state index is 0.0489. The van der Waals surface area contributed by atoms with E-state index in [1.54, 1.807) is 16.5 Å². The number of aryl methyl sites for hydroxylation is 1. The van der Waals surface area contributed by atoms with Crippen molar-refractivity contribution in [2.45, 2.75) is 45.1 Å². The van der Waals surface area contributed by atoms with E-state index in [9.17, 15) is 13.2 Å². The van der Waals surface area contributed by atoms with Gasteiger partial charge in [-0.05, 0) is 6.42 Å². The molecule has 2 aromatic heterocycles. The fourth-order valence-corrected chi connectivity index (χ4v) is 5.42. The van der Waals surface area contributed by atoms with E-state index >= 15 is 0 Å². The zero-order valence-corrected chi connectivity index (χ0v) is 15.6. The molecule has 3 rings (SSSR count). The zero-order chi connectivity index (χ0) is 17.5. The molecular weight excluding hydrogens is 350 g/mol. The Kier molecular flexibility index (Phi) is 4.60. The third-order valence-electron chi connectivity index (χ3n) is 4.28. The van der Waals surface area contributed by atoms with Gasteiger partial charge in [-0.25, -0.2) is 8.42 Å². The third-order valence-corrected chi connectivity index (χ3v) is 6.98. The zero-order valence-electron chi connectivity index (χ0n) is 14.0. The molecule has 0 bridgehead atoms. The van der Waals surface area contributed by atoms with Gasteiger partial charge in [-0.1, -0.05) is 25.2 Å². The lowest BCUT2D eigenvalue weighted by Crippen LogP contribution is -2.37. The molecule has 0 aliphatic carbocycles. The number of carbonyl (C=O) groups excluding carboxylic acids is 1. The van der Waals surface area contributed by atoms with Gasteiger partial charge in [0.1, 0.15) is 5.01 Å². The van der Waals surface area contributed by atoms with Gasteiger partial charge in [0, 0.05) is 31.8 Å². The smallest absolute Gasteiger partial charge is 0.234 e. The quantitative estimate of drug-likeness (QED) is 0.774. The maximum atomic E-state index is 12.3. The Hall–Kier alpha value is -1.55. The van der Waals surface area contributed by atoms with Crippen LogP contribution in [-0.4, -0.2) is 63.6 Å². The molecule has 1 aliphatic rings. The van der Waals surface area contributed by atoms with Crippen molar-refractivity contribution in [3.05, 3.63) is 10.8 Å². The summed E-state index contributed by atoms with van der Waals surface area (Å²) in [5.41, 5.74) is 0. The number of hydrogen-bond donors (Lipinski definition) is 0. The number of aromatic nitrogens is 4. The predicted molar refractivity (Wildman–Crippen MR) is 90.9 cm³/mol. The highest BCUT2D eigenvalue weighted by molar-refractivity contribution is 7.91. The molecule has 1 unspecified atom stereocenters. The molecule has 2 aromatic rings. The summed E-state index contributed by atoms with van der Waals surface area (Å²) >= 11 is 1.43. The van der Waals surface area contributed by atoms with Crippen molar-refractivity contribution in [3.8, 4) is 0 Å². The molecular formula is C14H21N5O3S2. The summed E-state index contributed by atoms with van der Waals surface area (Å²) in [6.07, 6.45) is 1.36. The number of amides is 1. The molecule has 1 saturated heterocycles. The molecule has 1 amide bonds. The highest BCUT2D eigenvalue weighted by atomic mass is 32.2. The molecule has 1 aliphatic heterocycles. The third kappa shape index (κ3) is 3.44. The molecule has 1 atom stereocenters. The second-order valence-corrected chi connectivity index (χ2v) is 9.73. The topological polar surface area (TPSA) is 97.5 Å². The average molecular weight is 371 g/mol. The minimum atomic E-state index is -2.99. The van der Waals surface area contributed by atoms with Gasteiger partial charge in [0.2, 0.25) is 10.9 Å². The van der Waals surface area contributed by atoms with Crippen LogP contribution < -0.4 is 0 Å². The van der Waals surface area contributed by atoms with E-state index < -0.39 is 9.84 Å². The lowest BCUT2D eigenvalue weighted by Gasteiger charge is -2.23. The number of rotatable bonds is 5. The van der Waals surface area contributed by atoms with Crippen LogP contribution in [0.5, 0.6) is 0 Å². The van der Waals surface area contributed by atoms with Crippen LogP contribution in [0.25, 0.3) is 4.96 Å². The van der Waals surface area contributed by atoms with Crippen LogP contribution in [0.3, 0.4) is 0 Å². The van der Waals surface area contributed by atoms with Crippen LogP contribution in [-0.2, 0) is 21.1 Å². The Morgan fingerprint density at radius 3 is 2.79 bits per heavy atom. The largest absolute Gasteiger partial charge is 0.342 e. The lowest BCUT2D eigenvalue weighted by atomic mass is 10.2. The van der Waals surface area contributed by atoms with Crippen molar-refractivity contribution in [3.63, 3.8) is 0 Å². The first-order valence-electron chi connectivity index (χ1n) is 7.94. The van der Waals surface area contributed by atoms with E-state index in [2.05, 4.69) is 15.3 Å². The Labute approximate surface area is 144 Å². The maximum Gasteiger partial charge on any atom is 0.234 e. The molecule has 0 N–H and O–H groups in total. The Morgan fingerprint density at radius 2 is 2.17 bits per heavy atom. The Balaban J connectivity index is 1.62. The first kappa shape index (κ1) is 17.3. The average Bonchev–Trinajstić information content (AvgIpc) is 3.16. The Bertz CT molecular complexity index is 855. The van der Waals surface area contributed by atoms with E-state index in [-0.39, 0.29) is 29.4 Å². The number of fused-ring (bicyclic) bond motifs is 1. The van der Waals surface area contributed by atoms with Crippen molar-refractivity contribution >= 4 is 32.0 Å². The maximum absolute atomic E-state index is 12.3. The number of sulfone groups is 1. The molecule has 24 heavy (non-hydrogen) atoms. The van der Waals surface area contributed by atoms with E-state index in [4.69, 9.17) is 0 Å². The molecule has 0 saturated carbocycles. The minimum Gasteiger partial charge on any atom is -0.342 e. The number of carbonyl (C=O) groups is 1. The van der Waals surface area contributed by atoms with Crippen LogP contribution in [0.1, 0.15) is 43.4 Å². The van der Waals surface area contributed by atoms with Gasteiger partial charge in [-0.15, -0.1) is 10.2 Å². The van der Waals surface area contributed by atoms with Gasteiger partial charge in [0.25, 0.3) is 0 Å². The lowest BCUT2D eigenvalue weighted by molar-refractivity contribution is -0.131. The van der Waals surface area contributed by atoms with Gasteiger partial charge in [-0.3, -0.25) is 4.79 Å². The molecule has 8 nitrogen and oxygen atoms in total. The van der Waals surface area contributed by atoms with E-state index in [0.717, 1.165) is 15.8 Å². The monoisotopic (exact) mass is 371 g/mol. The molecule has 0 spiro atoms. The highest BCUT2D eigenvalue weighted by Gasteiger charge is 2.32. The van der Waals surface area contributed by atoms with E-state index in [1.807, 2.05) is 13.8 Å².